The molecule has 1 aliphatic rings. The molecule has 1 aromatic heterocycles. The molecule has 2 aromatic rings. The minimum atomic E-state index is -3.38. The molecule has 9 heteroatoms. The first kappa shape index (κ1) is 19.4. The van der Waals surface area contributed by atoms with E-state index in [0.717, 1.165) is 17.7 Å². The van der Waals surface area contributed by atoms with E-state index in [2.05, 4.69) is 9.97 Å². The molecule has 0 bridgehead atoms. The molecule has 3 rings (SSSR count). The highest BCUT2D eigenvalue weighted by Gasteiger charge is 2.32. The zero-order valence-electron chi connectivity index (χ0n) is 15.2. The average Bonchev–Trinajstić information content (AvgIpc) is 3.11. The van der Waals surface area contributed by atoms with Crippen LogP contribution in [0.5, 0.6) is 0 Å². The number of carboxylic acid groups (broad SMARTS) is 1. The number of benzene rings is 1. The predicted molar refractivity (Wildman–Crippen MR) is 100 cm³/mol. The van der Waals surface area contributed by atoms with Gasteiger partial charge in [-0.15, -0.1) is 0 Å². The van der Waals surface area contributed by atoms with Crippen LogP contribution in [-0.4, -0.2) is 65.3 Å². The van der Waals surface area contributed by atoms with Gasteiger partial charge in [-0.2, -0.15) is 17.0 Å². The predicted octanol–water partition coefficient (Wildman–Crippen LogP) is 1.51. The van der Waals surface area contributed by atoms with Crippen LogP contribution < -0.4 is 0 Å². The molecule has 0 aliphatic carbocycles. The van der Waals surface area contributed by atoms with Gasteiger partial charge in [-0.3, -0.25) is 0 Å². The largest absolute Gasteiger partial charge is 0.478 e. The highest BCUT2D eigenvalue weighted by atomic mass is 32.2. The van der Waals surface area contributed by atoms with Crippen LogP contribution in [0, 0.1) is 5.92 Å². The first-order valence-corrected chi connectivity index (χ1v) is 9.99. The zero-order valence-corrected chi connectivity index (χ0v) is 16.1. The van der Waals surface area contributed by atoms with E-state index in [-0.39, 0.29) is 11.5 Å². The molecule has 0 spiro atoms. The van der Waals surface area contributed by atoms with Crippen molar-refractivity contribution in [3.63, 3.8) is 0 Å². The fourth-order valence-electron chi connectivity index (χ4n) is 3.15. The molecule has 8 nitrogen and oxygen atoms in total. The third-order valence-corrected chi connectivity index (χ3v) is 6.59. The van der Waals surface area contributed by atoms with Crippen molar-refractivity contribution in [3.05, 3.63) is 47.9 Å². The molecular weight excluding hydrogens is 368 g/mol. The fourth-order valence-corrected chi connectivity index (χ4v) is 4.35. The molecule has 1 saturated heterocycles. The first-order valence-electron chi connectivity index (χ1n) is 8.59. The topological polar surface area (TPSA) is 104 Å². The van der Waals surface area contributed by atoms with Crippen molar-refractivity contribution in [2.24, 2.45) is 5.92 Å². The zero-order chi connectivity index (χ0) is 19.6. The summed E-state index contributed by atoms with van der Waals surface area (Å²) in [6, 6.07) is 8.40. The maximum Gasteiger partial charge on any atom is 0.335 e. The lowest BCUT2D eigenvalue weighted by atomic mass is 10.0. The molecule has 1 aliphatic heterocycles. The van der Waals surface area contributed by atoms with Crippen LogP contribution >= 0.6 is 0 Å². The second-order valence-corrected chi connectivity index (χ2v) is 8.93. The highest BCUT2D eigenvalue weighted by molar-refractivity contribution is 7.86. The van der Waals surface area contributed by atoms with Crippen LogP contribution in [0.1, 0.15) is 22.5 Å². The molecular formula is C18H22N4O4S. The number of rotatable bonds is 6. The van der Waals surface area contributed by atoms with E-state index >= 15 is 0 Å². The molecule has 0 radical (unpaired) electrons. The van der Waals surface area contributed by atoms with E-state index in [1.54, 1.807) is 24.3 Å². The van der Waals surface area contributed by atoms with Crippen molar-refractivity contribution in [2.45, 2.75) is 12.8 Å². The van der Waals surface area contributed by atoms with Gasteiger partial charge >= 0.3 is 5.97 Å². The molecule has 0 saturated carbocycles. The number of nitrogens with zero attached hydrogens (tertiary/aromatic N) is 4. The van der Waals surface area contributed by atoms with Gasteiger partial charge in [-0.1, -0.05) is 12.1 Å². The van der Waals surface area contributed by atoms with Crippen LogP contribution in [0.15, 0.2) is 36.7 Å². The Morgan fingerprint density at radius 2 is 1.96 bits per heavy atom. The summed E-state index contributed by atoms with van der Waals surface area (Å²) in [4.78, 5) is 19.5. The number of aromatic carboxylic acids is 1. The maximum atomic E-state index is 12.2. The summed E-state index contributed by atoms with van der Waals surface area (Å²) in [6.45, 7) is 0.993. The van der Waals surface area contributed by atoms with Crippen LogP contribution in [0.3, 0.4) is 0 Å². The Hall–Kier alpha value is -2.36. The van der Waals surface area contributed by atoms with Crippen LogP contribution in [0.2, 0.25) is 0 Å². The van der Waals surface area contributed by atoms with E-state index < -0.39 is 16.2 Å². The SMILES string of the molecule is CN(C)S(=O)(=O)N1CC[C@@H](Cc2cc(-c3ccc(C(=O)O)cc3)ncn2)C1. The van der Waals surface area contributed by atoms with Crippen molar-refractivity contribution < 1.29 is 18.3 Å². The normalized spacial score (nSPS) is 18.1. The quantitative estimate of drug-likeness (QED) is 0.802. The van der Waals surface area contributed by atoms with Crippen molar-refractivity contribution in [1.29, 1.82) is 0 Å². The first-order chi connectivity index (χ1) is 12.8. The number of hydrogen-bond donors (Lipinski definition) is 1. The smallest absolute Gasteiger partial charge is 0.335 e. The molecule has 144 valence electrons. The Morgan fingerprint density at radius 1 is 1.26 bits per heavy atom. The van der Waals surface area contributed by atoms with Crippen LogP contribution in [-0.2, 0) is 16.6 Å². The van der Waals surface area contributed by atoms with Gasteiger partial charge in [0.2, 0.25) is 0 Å². The van der Waals surface area contributed by atoms with Crippen molar-refractivity contribution in [1.82, 2.24) is 18.6 Å². The summed E-state index contributed by atoms with van der Waals surface area (Å²) in [7, 11) is -0.305. The lowest BCUT2D eigenvalue weighted by molar-refractivity contribution is 0.0697. The van der Waals surface area contributed by atoms with Gasteiger partial charge < -0.3 is 5.11 Å². The fraction of sp³-hybridized carbons (Fsp3) is 0.389. The van der Waals surface area contributed by atoms with E-state index in [9.17, 15) is 13.2 Å². The van der Waals surface area contributed by atoms with Gasteiger partial charge in [-0.25, -0.2) is 14.8 Å². The Labute approximate surface area is 158 Å². The Bertz CT molecular complexity index is 929. The standard InChI is InChI=1S/C18H22N4O4S/c1-21(2)27(25,26)22-8-7-13(11-22)9-16-10-17(20-12-19-16)14-3-5-15(6-4-14)18(23)24/h3-6,10,12-13H,7-9,11H2,1-2H3,(H,23,24)/t13-/m0/s1. The van der Waals surface area contributed by atoms with Gasteiger partial charge in [-0.05, 0) is 37.0 Å². The minimum Gasteiger partial charge on any atom is -0.478 e. The maximum absolute atomic E-state index is 12.2. The Morgan fingerprint density at radius 3 is 2.59 bits per heavy atom. The minimum absolute atomic E-state index is 0.205. The third kappa shape index (κ3) is 4.32. The average molecular weight is 390 g/mol. The molecule has 1 aromatic carbocycles. The van der Waals surface area contributed by atoms with Crippen molar-refractivity contribution >= 4 is 16.2 Å². The van der Waals surface area contributed by atoms with Crippen molar-refractivity contribution in [3.8, 4) is 11.3 Å². The highest BCUT2D eigenvalue weighted by Crippen LogP contribution is 2.25. The van der Waals surface area contributed by atoms with Gasteiger partial charge in [0.05, 0.1) is 11.3 Å². The summed E-state index contributed by atoms with van der Waals surface area (Å²) in [6.07, 6.45) is 2.95. The van der Waals surface area contributed by atoms with E-state index in [0.29, 0.717) is 25.2 Å². The third-order valence-electron chi connectivity index (χ3n) is 4.69. The second kappa shape index (κ2) is 7.71. The van der Waals surface area contributed by atoms with Gasteiger partial charge in [0, 0.05) is 38.4 Å². The summed E-state index contributed by atoms with van der Waals surface area (Å²) >= 11 is 0. The monoisotopic (exact) mass is 390 g/mol. The van der Waals surface area contributed by atoms with Crippen LogP contribution in [0.4, 0.5) is 0 Å². The molecule has 2 heterocycles. The lowest BCUT2D eigenvalue weighted by Gasteiger charge is -2.20. The Kier molecular flexibility index (Phi) is 5.54. The van der Waals surface area contributed by atoms with E-state index in [1.165, 1.54) is 29.0 Å². The lowest BCUT2D eigenvalue weighted by Crippen LogP contribution is -2.38. The number of carbonyl (C=O) groups is 1. The summed E-state index contributed by atoms with van der Waals surface area (Å²) in [5.74, 6) is -0.764. The summed E-state index contributed by atoms with van der Waals surface area (Å²) in [5, 5.41) is 8.99. The molecule has 0 amide bonds. The molecule has 1 N–H and O–H groups in total. The van der Waals surface area contributed by atoms with Gasteiger partial charge in [0.15, 0.2) is 0 Å². The number of carboxylic acids is 1. The van der Waals surface area contributed by atoms with Gasteiger partial charge in [0.25, 0.3) is 10.2 Å². The number of aromatic nitrogens is 2. The van der Waals surface area contributed by atoms with Crippen molar-refractivity contribution in [2.75, 3.05) is 27.2 Å². The van der Waals surface area contributed by atoms with E-state index in [1.807, 2.05) is 6.07 Å². The van der Waals surface area contributed by atoms with Gasteiger partial charge in [0.1, 0.15) is 6.33 Å². The summed E-state index contributed by atoms with van der Waals surface area (Å²) in [5.41, 5.74) is 2.59. The Balaban J connectivity index is 1.71. The second-order valence-electron chi connectivity index (χ2n) is 6.78. The van der Waals surface area contributed by atoms with E-state index in [4.69, 9.17) is 5.11 Å². The van der Waals surface area contributed by atoms with Crippen LogP contribution in [0.25, 0.3) is 11.3 Å². The summed E-state index contributed by atoms with van der Waals surface area (Å²) < 4.78 is 27.2. The number of hydrogen-bond acceptors (Lipinski definition) is 5. The molecule has 1 atom stereocenters. The molecule has 0 unspecified atom stereocenters. The molecule has 1 fully saturated rings. The molecule has 27 heavy (non-hydrogen) atoms.